The standard InChI is InChI=1S/C17H19N3O3S/c1-13-5-4-6-14(11-13)17(21)19-16-12-15(7-8-18-16)24(22,23)20-9-2-3-10-20/h4-8,11-12H,2-3,9-10H2,1H3,(H,18,19,21). The molecule has 1 amide bonds. The second kappa shape index (κ2) is 6.70. The van der Waals surface area contributed by atoms with Gasteiger partial charge in [0.2, 0.25) is 10.0 Å². The molecule has 126 valence electrons. The Morgan fingerprint density at radius 3 is 2.62 bits per heavy atom. The quantitative estimate of drug-likeness (QED) is 0.923. The summed E-state index contributed by atoms with van der Waals surface area (Å²) in [6, 6.07) is 10.0. The lowest BCUT2D eigenvalue weighted by molar-refractivity contribution is 0.102. The van der Waals surface area contributed by atoms with E-state index in [0.717, 1.165) is 18.4 Å². The molecule has 6 nitrogen and oxygen atoms in total. The summed E-state index contributed by atoms with van der Waals surface area (Å²) in [7, 11) is -3.53. The van der Waals surface area contributed by atoms with Crippen molar-refractivity contribution in [2.75, 3.05) is 18.4 Å². The van der Waals surface area contributed by atoms with Crippen molar-refractivity contribution in [3.05, 3.63) is 53.7 Å². The van der Waals surface area contributed by atoms with Crippen LogP contribution in [0.3, 0.4) is 0 Å². The number of hydrogen-bond acceptors (Lipinski definition) is 4. The van der Waals surface area contributed by atoms with E-state index in [-0.39, 0.29) is 16.6 Å². The minimum Gasteiger partial charge on any atom is -0.307 e. The van der Waals surface area contributed by atoms with Gasteiger partial charge in [-0.3, -0.25) is 4.79 Å². The van der Waals surface area contributed by atoms with Crippen LogP contribution in [0.15, 0.2) is 47.5 Å². The molecule has 1 N–H and O–H groups in total. The van der Waals surface area contributed by atoms with E-state index >= 15 is 0 Å². The maximum atomic E-state index is 12.6. The van der Waals surface area contributed by atoms with Gasteiger partial charge in [-0.25, -0.2) is 13.4 Å². The first-order valence-corrected chi connectivity index (χ1v) is 9.25. The van der Waals surface area contributed by atoms with Crippen molar-refractivity contribution in [2.45, 2.75) is 24.7 Å². The van der Waals surface area contributed by atoms with Crippen LogP contribution in [0.2, 0.25) is 0 Å². The van der Waals surface area contributed by atoms with Gasteiger partial charge in [-0.05, 0) is 38.0 Å². The highest BCUT2D eigenvalue weighted by Crippen LogP contribution is 2.22. The Balaban J connectivity index is 1.82. The number of aryl methyl sites for hydroxylation is 1. The lowest BCUT2D eigenvalue weighted by Gasteiger charge is -2.15. The van der Waals surface area contributed by atoms with Gasteiger partial charge in [-0.2, -0.15) is 4.31 Å². The van der Waals surface area contributed by atoms with Crippen molar-refractivity contribution in [3.63, 3.8) is 0 Å². The van der Waals surface area contributed by atoms with Crippen LogP contribution in [0, 0.1) is 6.92 Å². The van der Waals surface area contributed by atoms with Gasteiger partial charge < -0.3 is 5.32 Å². The third kappa shape index (κ3) is 3.47. The highest BCUT2D eigenvalue weighted by molar-refractivity contribution is 7.89. The summed E-state index contributed by atoms with van der Waals surface area (Å²) in [4.78, 5) is 16.5. The minimum atomic E-state index is -3.53. The molecule has 1 aliphatic heterocycles. The Labute approximate surface area is 141 Å². The van der Waals surface area contributed by atoms with Crippen LogP contribution in [-0.2, 0) is 10.0 Å². The molecule has 0 bridgehead atoms. The van der Waals surface area contributed by atoms with E-state index in [1.165, 1.54) is 22.6 Å². The molecule has 1 aliphatic rings. The second-order valence-electron chi connectivity index (χ2n) is 5.81. The zero-order valence-electron chi connectivity index (χ0n) is 13.4. The smallest absolute Gasteiger partial charge is 0.256 e. The average molecular weight is 345 g/mol. The van der Waals surface area contributed by atoms with Gasteiger partial charge in [-0.15, -0.1) is 0 Å². The van der Waals surface area contributed by atoms with Gasteiger partial charge in [0.25, 0.3) is 5.91 Å². The van der Waals surface area contributed by atoms with Crippen molar-refractivity contribution in [2.24, 2.45) is 0 Å². The number of nitrogens with one attached hydrogen (secondary N) is 1. The van der Waals surface area contributed by atoms with Gasteiger partial charge in [0.05, 0.1) is 4.90 Å². The summed E-state index contributed by atoms with van der Waals surface area (Å²) in [6.07, 6.45) is 3.15. The first-order valence-electron chi connectivity index (χ1n) is 7.81. The summed E-state index contributed by atoms with van der Waals surface area (Å²) in [6.45, 7) is 2.98. The monoisotopic (exact) mass is 345 g/mol. The molecule has 0 spiro atoms. The molecule has 1 aromatic carbocycles. The highest BCUT2D eigenvalue weighted by atomic mass is 32.2. The molecule has 0 aliphatic carbocycles. The van der Waals surface area contributed by atoms with Crippen molar-refractivity contribution >= 4 is 21.7 Å². The fourth-order valence-electron chi connectivity index (χ4n) is 2.69. The Kier molecular flexibility index (Phi) is 4.64. The Morgan fingerprint density at radius 2 is 1.92 bits per heavy atom. The number of aromatic nitrogens is 1. The predicted octanol–water partition coefficient (Wildman–Crippen LogP) is 2.43. The Bertz CT molecular complexity index is 859. The van der Waals surface area contributed by atoms with Crippen LogP contribution in [0.25, 0.3) is 0 Å². The second-order valence-corrected chi connectivity index (χ2v) is 7.75. The topological polar surface area (TPSA) is 79.4 Å². The van der Waals surface area contributed by atoms with Crippen molar-refractivity contribution in [3.8, 4) is 0 Å². The maximum absolute atomic E-state index is 12.6. The number of pyridine rings is 1. The summed E-state index contributed by atoms with van der Waals surface area (Å²) in [5.41, 5.74) is 1.48. The minimum absolute atomic E-state index is 0.152. The number of carbonyl (C=O) groups is 1. The normalized spacial score (nSPS) is 15.4. The van der Waals surface area contributed by atoms with Gasteiger partial charge in [0, 0.05) is 30.9 Å². The number of rotatable bonds is 4. The summed E-state index contributed by atoms with van der Waals surface area (Å²) in [5.74, 6) is -0.0938. The fraction of sp³-hybridized carbons (Fsp3) is 0.294. The molecular weight excluding hydrogens is 326 g/mol. The number of carbonyl (C=O) groups excluding carboxylic acids is 1. The third-order valence-corrected chi connectivity index (χ3v) is 5.85. The molecule has 3 rings (SSSR count). The number of sulfonamides is 1. The van der Waals surface area contributed by atoms with Gasteiger partial charge >= 0.3 is 0 Å². The Hall–Kier alpha value is -2.25. The lowest BCUT2D eigenvalue weighted by Crippen LogP contribution is -2.28. The first kappa shape index (κ1) is 16.6. The largest absolute Gasteiger partial charge is 0.307 e. The number of hydrogen-bond donors (Lipinski definition) is 1. The first-order chi connectivity index (χ1) is 11.5. The molecule has 1 aromatic heterocycles. The summed E-state index contributed by atoms with van der Waals surface area (Å²) in [5, 5.41) is 2.66. The molecular formula is C17H19N3O3S. The lowest BCUT2D eigenvalue weighted by atomic mass is 10.1. The van der Waals surface area contributed by atoms with E-state index in [4.69, 9.17) is 0 Å². The van der Waals surface area contributed by atoms with Crippen molar-refractivity contribution < 1.29 is 13.2 Å². The van der Waals surface area contributed by atoms with Crippen LogP contribution in [0.1, 0.15) is 28.8 Å². The number of anilines is 1. The van der Waals surface area contributed by atoms with Crippen LogP contribution >= 0.6 is 0 Å². The van der Waals surface area contributed by atoms with E-state index in [9.17, 15) is 13.2 Å². The number of benzene rings is 1. The molecule has 0 atom stereocenters. The zero-order valence-corrected chi connectivity index (χ0v) is 14.2. The molecule has 0 saturated carbocycles. The molecule has 0 radical (unpaired) electrons. The van der Waals surface area contributed by atoms with Gasteiger partial charge in [0.15, 0.2) is 0 Å². The van der Waals surface area contributed by atoms with E-state index in [0.29, 0.717) is 18.7 Å². The molecule has 1 saturated heterocycles. The fourth-order valence-corrected chi connectivity index (χ4v) is 4.22. The molecule has 2 aromatic rings. The van der Waals surface area contributed by atoms with Crippen LogP contribution in [0.5, 0.6) is 0 Å². The molecule has 24 heavy (non-hydrogen) atoms. The summed E-state index contributed by atoms with van der Waals surface area (Å²) >= 11 is 0. The third-order valence-electron chi connectivity index (χ3n) is 3.96. The van der Waals surface area contributed by atoms with E-state index in [2.05, 4.69) is 10.3 Å². The van der Waals surface area contributed by atoms with Gasteiger partial charge in [-0.1, -0.05) is 17.7 Å². The SMILES string of the molecule is Cc1cccc(C(=O)Nc2cc(S(=O)(=O)N3CCCC3)ccn2)c1. The van der Waals surface area contributed by atoms with E-state index < -0.39 is 10.0 Å². The molecule has 7 heteroatoms. The molecule has 0 unspecified atom stereocenters. The van der Waals surface area contributed by atoms with Crippen molar-refractivity contribution in [1.29, 1.82) is 0 Å². The average Bonchev–Trinajstić information content (AvgIpc) is 3.10. The van der Waals surface area contributed by atoms with Crippen LogP contribution in [0.4, 0.5) is 5.82 Å². The van der Waals surface area contributed by atoms with E-state index in [1.54, 1.807) is 18.2 Å². The van der Waals surface area contributed by atoms with Crippen LogP contribution < -0.4 is 5.32 Å². The molecule has 1 fully saturated rings. The maximum Gasteiger partial charge on any atom is 0.256 e. The highest BCUT2D eigenvalue weighted by Gasteiger charge is 2.27. The Morgan fingerprint density at radius 1 is 1.17 bits per heavy atom. The zero-order chi connectivity index (χ0) is 17.2. The number of amides is 1. The van der Waals surface area contributed by atoms with Crippen LogP contribution in [-0.4, -0.2) is 36.7 Å². The summed E-state index contributed by atoms with van der Waals surface area (Å²) < 4.78 is 26.6. The van der Waals surface area contributed by atoms with Crippen molar-refractivity contribution in [1.82, 2.24) is 9.29 Å². The van der Waals surface area contributed by atoms with E-state index in [1.807, 2.05) is 13.0 Å². The predicted molar refractivity (Wildman–Crippen MR) is 91.4 cm³/mol. The number of nitrogens with zero attached hydrogens (tertiary/aromatic N) is 2. The molecule has 2 heterocycles. The van der Waals surface area contributed by atoms with Gasteiger partial charge in [0.1, 0.15) is 5.82 Å².